The highest BCUT2D eigenvalue weighted by atomic mass is 79.9. The zero-order chi connectivity index (χ0) is 13.8. The first-order valence-corrected chi connectivity index (χ1v) is 6.82. The number of ether oxygens (including phenoxy) is 1. The zero-order valence-corrected chi connectivity index (χ0v) is 12.2. The molecule has 1 atom stereocenters. The van der Waals surface area contributed by atoms with Gasteiger partial charge in [0.1, 0.15) is 17.3 Å². The zero-order valence-electron chi connectivity index (χ0n) is 10.6. The van der Waals surface area contributed by atoms with Crippen molar-refractivity contribution < 1.29 is 9.13 Å². The second-order valence-corrected chi connectivity index (χ2v) is 5.28. The summed E-state index contributed by atoms with van der Waals surface area (Å²) in [5.74, 6) is 0.866. The van der Waals surface area contributed by atoms with Gasteiger partial charge in [-0.1, -0.05) is 18.2 Å². The average Bonchev–Trinajstić information content (AvgIpc) is 2.36. The molecule has 0 aliphatic heterocycles. The summed E-state index contributed by atoms with van der Waals surface area (Å²) in [6.07, 6.45) is 0.437. The second kappa shape index (κ2) is 6.17. The third kappa shape index (κ3) is 3.55. The fraction of sp³-hybridized carbons (Fsp3) is 0.200. The Morgan fingerprint density at radius 3 is 2.53 bits per heavy atom. The quantitative estimate of drug-likeness (QED) is 0.911. The van der Waals surface area contributed by atoms with E-state index in [1.807, 2.05) is 31.2 Å². The van der Waals surface area contributed by atoms with Crippen molar-refractivity contribution in [2.24, 2.45) is 5.73 Å². The maximum Gasteiger partial charge on any atom is 0.141 e. The molecule has 0 radical (unpaired) electrons. The normalized spacial score (nSPS) is 12.2. The van der Waals surface area contributed by atoms with E-state index in [0.717, 1.165) is 4.47 Å². The molecular formula is C15H15BrFNO. The molecule has 1 unspecified atom stereocenters. The summed E-state index contributed by atoms with van der Waals surface area (Å²) in [5.41, 5.74) is 6.26. The summed E-state index contributed by atoms with van der Waals surface area (Å²) < 4.78 is 20.5. The van der Waals surface area contributed by atoms with Crippen LogP contribution in [0.4, 0.5) is 4.39 Å². The Labute approximate surface area is 120 Å². The molecule has 0 aliphatic rings. The van der Waals surface area contributed by atoms with Crippen LogP contribution in [0.5, 0.6) is 11.5 Å². The van der Waals surface area contributed by atoms with Gasteiger partial charge in [0.05, 0.1) is 4.47 Å². The van der Waals surface area contributed by atoms with Crippen molar-refractivity contribution in [1.29, 1.82) is 0 Å². The van der Waals surface area contributed by atoms with E-state index in [1.165, 1.54) is 6.07 Å². The largest absolute Gasteiger partial charge is 0.456 e. The first-order valence-electron chi connectivity index (χ1n) is 6.03. The third-order valence-corrected chi connectivity index (χ3v) is 3.31. The number of halogens is 2. The van der Waals surface area contributed by atoms with Gasteiger partial charge in [-0.05, 0) is 53.5 Å². The van der Waals surface area contributed by atoms with Gasteiger partial charge in [0.25, 0.3) is 0 Å². The van der Waals surface area contributed by atoms with E-state index in [-0.39, 0.29) is 11.9 Å². The maximum absolute atomic E-state index is 13.9. The predicted octanol–water partition coefficient (Wildman–Crippen LogP) is 4.27. The van der Waals surface area contributed by atoms with Crippen molar-refractivity contribution >= 4 is 15.9 Å². The van der Waals surface area contributed by atoms with E-state index in [2.05, 4.69) is 15.9 Å². The molecule has 0 spiro atoms. The highest BCUT2D eigenvalue weighted by Gasteiger charge is 2.13. The minimum atomic E-state index is -0.290. The van der Waals surface area contributed by atoms with E-state index in [9.17, 15) is 4.39 Å². The first kappa shape index (κ1) is 14.0. The first-order chi connectivity index (χ1) is 9.08. The standard InChI is InChI=1S/C15H15BrFNO/c1-10(18)9-11-13(17)6-4-8-14(11)19-15-7-3-2-5-12(15)16/h2-8,10H,9,18H2,1H3. The third-order valence-electron chi connectivity index (χ3n) is 2.66. The van der Waals surface area contributed by atoms with Crippen molar-refractivity contribution in [2.75, 3.05) is 0 Å². The van der Waals surface area contributed by atoms with Crippen LogP contribution in [-0.4, -0.2) is 6.04 Å². The molecule has 2 aromatic carbocycles. The molecule has 2 nitrogen and oxygen atoms in total. The summed E-state index contributed by atoms with van der Waals surface area (Å²) in [6.45, 7) is 1.84. The Kier molecular flexibility index (Phi) is 4.56. The fourth-order valence-corrected chi connectivity index (χ4v) is 2.17. The highest BCUT2D eigenvalue weighted by Crippen LogP contribution is 2.32. The topological polar surface area (TPSA) is 35.2 Å². The highest BCUT2D eigenvalue weighted by molar-refractivity contribution is 9.10. The molecule has 0 aliphatic carbocycles. The smallest absolute Gasteiger partial charge is 0.141 e. The number of nitrogens with two attached hydrogens (primary N) is 1. The number of hydrogen-bond donors (Lipinski definition) is 1. The van der Waals surface area contributed by atoms with E-state index in [4.69, 9.17) is 10.5 Å². The molecule has 0 saturated carbocycles. The molecule has 2 rings (SSSR count). The molecule has 0 bridgehead atoms. The van der Waals surface area contributed by atoms with E-state index in [1.54, 1.807) is 12.1 Å². The van der Waals surface area contributed by atoms with Crippen LogP contribution in [-0.2, 0) is 6.42 Å². The van der Waals surface area contributed by atoms with Gasteiger partial charge in [-0.3, -0.25) is 0 Å². The number of benzene rings is 2. The summed E-state index contributed by atoms with van der Waals surface area (Å²) in [5, 5.41) is 0. The molecule has 0 amide bonds. The molecule has 0 saturated heterocycles. The molecule has 2 N–H and O–H groups in total. The maximum atomic E-state index is 13.9. The van der Waals surface area contributed by atoms with E-state index in [0.29, 0.717) is 23.5 Å². The molecule has 0 aromatic heterocycles. The Bertz CT molecular complexity index is 572. The number of rotatable bonds is 4. The van der Waals surface area contributed by atoms with Crippen LogP contribution < -0.4 is 10.5 Å². The lowest BCUT2D eigenvalue weighted by Crippen LogP contribution is -2.19. The van der Waals surface area contributed by atoms with Gasteiger partial charge in [0.15, 0.2) is 0 Å². The van der Waals surface area contributed by atoms with Crippen molar-refractivity contribution in [2.45, 2.75) is 19.4 Å². The minimum Gasteiger partial charge on any atom is -0.456 e. The molecular weight excluding hydrogens is 309 g/mol. The Morgan fingerprint density at radius 2 is 1.84 bits per heavy atom. The van der Waals surface area contributed by atoms with Crippen LogP contribution in [0.3, 0.4) is 0 Å². The van der Waals surface area contributed by atoms with Gasteiger partial charge in [-0.25, -0.2) is 4.39 Å². The fourth-order valence-electron chi connectivity index (χ4n) is 1.80. The summed E-state index contributed by atoms with van der Waals surface area (Å²) in [6, 6.07) is 12.1. The minimum absolute atomic E-state index is 0.126. The predicted molar refractivity (Wildman–Crippen MR) is 78.0 cm³/mol. The van der Waals surface area contributed by atoms with Gasteiger partial charge in [-0.15, -0.1) is 0 Å². The molecule has 19 heavy (non-hydrogen) atoms. The van der Waals surface area contributed by atoms with E-state index < -0.39 is 0 Å². The molecule has 4 heteroatoms. The Hall–Kier alpha value is -1.39. The van der Waals surface area contributed by atoms with Crippen molar-refractivity contribution in [3.8, 4) is 11.5 Å². The average molecular weight is 324 g/mol. The lowest BCUT2D eigenvalue weighted by Gasteiger charge is -2.14. The van der Waals surface area contributed by atoms with Crippen LogP contribution in [0, 0.1) is 5.82 Å². The lowest BCUT2D eigenvalue weighted by atomic mass is 10.1. The van der Waals surface area contributed by atoms with Crippen LogP contribution in [0.15, 0.2) is 46.9 Å². The molecule has 0 heterocycles. The van der Waals surface area contributed by atoms with Gasteiger partial charge in [0, 0.05) is 11.6 Å². The number of para-hydroxylation sites is 1. The monoisotopic (exact) mass is 323 g/mol. The van der Waals surface area contributed by atoms with Crippen LogP contribution in [0.1, 0.15) is 12.5 Å². The summed E-state index contributed by atoms with van der Waals surface area (Å²) in [7, 11) is 0. The van der Waals surface area contributed by atoms with Crippen molar-refractivity contribution in [1.82, 2.24) is 0 Å². The Balaban J connectivity index is 2.35. The van der Waals surface area contributed by atoms with Gasteiger partial charge >= 0.3 is 0 Å². The van der Waals surface area contributed by atoms with Gasteiger partial charge in [-0.2, -0.15) is 0 Å². The van der Waals surface area contributed by atoms with Crippen LogP contribution >= 0.6 is 15.9 Å². The second-order valence-electron chi connectivity index (χ2n) is 4.43. The summed E-state index contributed by atoms with van der Waals surface area (Å²) in [4.78, 5) is 0. The van der Waals surface area contributed by atoms with E-state index >= 15 is 0 Å². The molecule has 0 fully saturated rings. The number of hydrogen-bond acceptors (Lipinski definition) is 2. The Morgan fingerprint density at radius 1 is 1.16 bits per heavy atom. The van der Waals surface area contributed by atoms with Crippen molar-refractivity contribution in [3.63, 3.8) is 0 Å². The lowest BCUT2D eigenvalue weighted by molar-refractivity contribution is 0.461. The van der Waals surface area contributed by atoms with Gasteiger partial charge < -0.3 is 10.5 Å². The SMILES string of the molecule is CC(N)Cc1c(F)cccc1Oc1ccccc1Br. The van der Waals surface area contributed by atoms with Gasteiger partial charge in [0.2, 0.25) is 0 Å². The molecule has 2 aromatic rings. The van der Waals surface area contributed by atoms with Crippen LogP contribution in [0.25, 0.3) is 0 Å². The summed E-state index contributed by atoms with van der Waals surface area (Å²) >= 11 is 3.40. The van der Waals surface area contributed by atoms with Crippen LogP contribution in [0.2, 0.25) is 0 Å². The van der Waals surface area contributed by atoms with Crippen molar-refractivity contribution in [3.05, 3.63) is 58.3 Å². The molecule has 100 valence electrons.